The predicted octanol–water partition coefficient (Wildman–Crippen LogP) is 3.88. The summed E-state index contributed by atoms with van der Waals surface area (Å²) in [6, 6.07) is 6.68. The summed E-state index contributed by atoms with van der Waals surface area (Å²) in [5.41, 5.74) is 1.30. The Balaban J connectivity index is 3.03. The van der Waals surface area contributed by atoms with Gasteiger partial charge in [0.05, 0.1) is 0 Å². The first-order valence-electron chi connectivity index (χ1n) is 4.31. The number of benzene rings is 1. The summed E-state index contributed by atoms with van der Waals surface area (Å²) in [6.45, 7) is 2.18. The third-order valence-electron chi connectivity index (χ3n) is 2.09. The van der Waals surface area contributed by atoms with Crippen LogP contribution in [0.15, 0.2) is 27.1 Å². The van der Waals surface area contributed by atoms with E-state index in [0.717, 1.165) is 15.4 Å². The molecule has 0 saturated carbocycles. The summed E-state index contributed by atoms with van der Waals surface area (Å²) in [5.74, 6) is 0. The van der Waals surface area contributed by atoms with E-state index >= 15 is 0 Å². The molecule has 1 rings (SSSR count). The van der Waals surface area contributed by atoms with E-state index in [1.165, 1.54) is 5.56 Å². The Hall–Kier alpha value is 0.140. The quantitative estimate of drug-likeness (QED) is 0.893. The molecule has 1 aromatic rings. The van der Waals surface area contributed by atoms with Gasteiger partial charge in [0.1, 0.15) is 0 Å². The fourth-order valence-corrected chi connectivity index (χ4v) is 2.26. The Morgan fingerprint density at radius 1 is 1.38 bits per heavy atom. The molecular weight excluding hydrogens is 294 g/mol. The van der Waals surface area contributed by atoms with Crippen molar-refractivity contribution >= 4 is 31.9 Å². The maximum atomic E-state index is 3.55. The van der Waals surface area contributed by atoms with Crippen molar-refractivity contribution in [3.8, 4) is 0 Å². The summed E-state index contributed by atoms with van der Waals surface area (Å²) in [6.07, 6.45) is 1.09. The molecule has 0 aromatic heterocycles. The average molecular weight is 307 g/mol. The van der Waals surface area contributed by atoms with Crippen molar-refractivity contribution in [3.63, 3.8) is 0 Å². The monoisotopic (exact) mass is 305 g/mol. The fourth-order valence-electron chi connectivity index (χ4n) is 1.36. The lowest BCUT2D eigenvalue weighted by Gasteiger charge is -2.16. The van der Waals surface area contributed by atoms with E-state index in [1.54, 1.807) is 0 Å². The first-order chi connectivity index (χ1) is 6.19. The second-order valence-electron chi connectivity index (χ2n) is 2.92. The maximum Gasteiger partial charge on any atom is 0.0326 e. The van der Waals surface area contributed by atoms with Crippen LogP contribution in [0.2, 0.25) is 0 Å². The zero-order valence-electron chi connectivity index (χ0n) is 7.77. The first-order valence-corrected chi connectivity index (χ1v) is 5.89. The highest BCUT2D eigenvalue weighted by Gasteiger charge is 2.10. The predicted molar refractivity (Wildman–Crippen MR) is 63.9 cm³/mol. The molecule has 1 N–H and O–H groups in total. The Labute approximate surface area is 96.2 Å². The summed E-state index contributed by atoms with van der Waals surface area (Å²) in [4.78, 5) is 0. The molecule has 0 amide bonds. The minimum atomic E-state index is 0.423. The van der Waals surface area contributed by atoms with Gasteiger partial charge in [0.25, 0.3) is 0 Å². The van der Waals surface area contributed by atoms with Crippen molar-refractivity contribution in [2.75, 3.05) is 7.05 Å². The van der Waals surface area contributed by atoms with Crippen LogP contribution in [0.1, 0.15) is 24.9 Å². The van der Waals surface area contributed by atoms with Crippen molar-refractivity contribution in [1.29, 1.82) is 0 Å². The van der Waals surface area contributed by atoms with Crippen molar-refractivity contribution in [3.05, 3.63) is 32.7 Å². The van der Waals surface area contributed by atoms with Crippen LogP contribution in [-0.4, -0.2) is 7.05 Å². The lowest BCUT2D eigenvalue weighted by atomic mass is 10.1. The van der Waals surface area contributed by atoms with Crippen LogP contribution < -0.4 is 5.32 Å². The summed E-state index contributed by atoms with van der Waals surface area (Å²) in [7, 11) is 1.99. The van der Waals surface area contributed by atoms with Crippen LogP contribution in [-0.2, 0) is 0 Å². The van der Waals surface area contributed by atoms with Crippen molar-refractivity contribution in [1.82, 2.24) is 5.32 Å². The molecule has 1 nitrogen and oxygen atoms in total. The lowest BCUT2D eigenvalue weighted by molar-refractivity contribution is 0.574. The SMILES string of the molecule is CCC(NC)c1cc(Br)ccc1Br. The molecule has 0 aliphatic carbocycles. The molecule has 3 heteroatoms. The fraction of sp³-hybridized carbons (Fsp3) is 0.400. The topological polar surface area (TPSA) is 12.0 Å². The third-order valence-corrected chi connectivity index (χ3v) is 3.31. The largest absolute Gasteiger partial charge is 0.313 e. The molecule has 72 valence electrons. The van der Waals surface area contributed by atoms with Crippen LogP contribution in [0.25, 0.3) is 0 Å². The van der Waals surface area contributed by atoms with Gasteiger partial charge >= 0.3 is 0 Å². The van der Waals surface area contributed by atoms with Crippen LogP contribution in [0.5, 0.6) is 0 Å². The van der Waals surface area contributed by atoms with E-state index in [1.807, 2.05) is 13.1 Å². The van der Waals surface area contributed by atoms with Gasteiger partial charge in [-0.1, -0.05) is 38.8 Å². The molecule has 0 spiro atoms. The van der Waals surface area contributed by atoms with Gasteiger partial charge in [0.2, 0.25) is 0 Å². The van der Waals surface area contributed by atoms with E-state index < -0.39 is 0 Å². The van der Waals surface area contributed by atoms with Crippen molar-refractivity contribution < 1.29 is 0 Å². The van der Waals surface area contributed by atoms with E-state index in [0.29, 0.717) is 6.04 Å². The van der Waals surface area contributed by atoms with Gasteiger partial charge in [-0.25, -0.2) is 0 Å². The Bertz CT molecular complexity index is 282. The van der Waals surface area contributed by atoms with E-state index in [2.05, 4.69) is 56.2 Å². The Morgan fingerprint density at radius 2 is 2.08 bits per heavy atom. The van der Waals surface area contributed by atoms with Gasteiger partial charge in [0, 0.05) is 15.0 Å². The Kier molecular flexibility index (Phi) is 4.42. The van der Waals surface area contributed by atoms with Crippen LogP contribution in [0, 0.1) is 0 Å². The van der Waals surface area contributed by atoms with Crippen molar-refractivity contribution in [2.24, 2.45) is 0 Å². The number of halogens is 2. The highest BCUT2D eigenvalue weighted by atomic mass is 79.9. The van der Waals surface area contributed by atoms with Gasteiger partial charge in [0.15, 0.2) is 0 Å². The molecule has 0 saturated heterocycles. The molecule has 0 bridgehead atoms. The average Bonchev–Trinajstić information content (AvgIpc) is 2.13. The molecule has 1 atom stereocenters. The number of hydrogen-bond acceptors (Lipinski definition) is 1. The van der Waals surface area contributed by atoms with Crippen molar-refractivity contribution in [2.45, 2.75) is 19.4 Å². The molecule has 0 fully saturated rings. The third kappa shape index (κ3) is 2.79. The molecule has 13 heavy (non-hydrogen) atoms. The second kappa shape index (κ2) is 5.13. The minimum absolute atomic E-state index is 0.423. The maximum absolute atomic E-state index is 3.55. The first kappa shape index (κ1) is 11.2. The smallest absolute Gasteiger partial charge is 0.0326 e. The van der Waals surface area contributed by atoms with E-state index in [9.17, 15) is 0 Å². The molecule has 0 aliphatic heterocycles. The standard InChI is InChI=1S/C10H13Br2N/c1-3-10(13-2)8-6-7(11)4-5-9(8)12/h4-6,10,13H,3H2,1-2H3. The van der Waals surface area contributed by atoms with Crippen LogP contribution >= 0.6 is 31.9 Å². The van der Waals surface area contributed by atoms with Gasteiger partial charge in [-0.15, -0.1) is 0 Å². The van der Waals surface area contributed by atoms with Crippen LogP contribution in [0.4, 0.5) is 0 Å². The van der Waals surface area contributed by atoms with E-state index in [4.69, 9.17) is 0 Å². The second-order valence-corrected chi connectivity index (χ2v) is 4.69. The Morgan fingerprint density at radius 3 is 2.62 bits per heavy atom. The van der Waals surface area contributed by atoms with Crippen LogP contribution in [0.3, 0.4) is 0 Å². The highest BCUT2D eigenvalue weighted by Crippen LogP contribution is 2.28. The van der Waals surface area contributed by atoms with Gasteiger partial charge in [-0.05, 0) is 37.2 Å². The summed E-state index contributed by atoms with van der Waals surface area (Å²) >= 11 is 7.03. The molecule has 0 radical (unpaired) electrons. The summed E-state index contributed by atoms with van der Waals surface area (Å²) < 4.78 is 2.29. The highest BCUT2D eigenvalue weighted by molar-refractivity contribution is 9.11. The number of hydrogen-bond donors (Lipinski definition) is 1. The van der Waals surface area contributed by atoms with Gasteiger partial charge in [-0.3, -0.25) is 0 Å². The molecule has 0 heterocycles. The zero-order valence-corrected chi connectivity index (χ0v) is 10.9. The van der Waals surface area contributed by atoms with Gasteiger partial charge < -0.3 is 5.32 Å². The summed E-state index contributed by atoms with van der Waals surface area (Å²) in [5, 5.41) is 3.29. The minimum Gasteiger partial charge on any atom is -0.313 e. The zero-order chi connectivity index (χ0) is 9.84. The van der Waals surface area contributed by atoms with Gasteiger partial charge in [-0.2, -0.15) is 0 Å². The number of nitrogens with one attached hydrogen (secondary N) is 1. The molecule has 1 unspecified atom stereocenters. The normalized spacial score (nSPS) is 12.9. The lowest BCUT2D eigenvalue weighted by Crippen LogP contribution is -2.15. The van der Waals surface area contributed by atoms with E-state index in [-0.39, 0.29) is 0 Å². The molecule has 0 aliphatic rings. The number of rotatable bonds is 3. The molecule has 1 aromatic carbocycles. The molecular formula is C10H13Br2N.